The zero-order valence-electron chi connectivity index (χ0n) is 14.5. The largest absolute Gasteiger partial charge is 0.339 e. The van der Waals surface area contributed by atoms with Gasteiger partial charge in [0.25, 0.3) is 0 Å². The third-order valence-corrected chi connectivity index (χ3v) is 5.63. The molecule has 3 rings (SSSR count). The first kappa shape index (κ1) is 17.2. The summed E-state index contributed by atoms with van der Waals surface area (Å²) in [6, 6.07) is 7.85. The molecule has 1 aromatic heterocycles. The van der Waals surface area contributed by atoms with Gasteiger partial charge in [-0.15, -0.1) is 0 Å². The van der Waals surface area contributed by atoms with Crippen LogP contribution in [0.25, 0.3) is 11.0 Å². The van der Waals surface area contributed by atoms with Crippen molar-refractivity contribution in [3.63, 3.8) is 0 Å². The highest BCUT2D eigenvalue weighted by molar-refractivity contribution is 8.00. The van der Waals surface area contributed by atoms with Crippen LogP contribution in [0.2, 0.25) is 0 Å². The highest BCUT2D eigenvalue weighted by atomic mass is 32.2. The summed E-state index contributed by atoms with van der Waals surface area (Å²) in [6.07, 6.45) is 0. The van der Waals surface area contributed by atoms with E-state index in [1.165, 1.54) is 11.8 Å². The molecule has 0 unspecified atom stereocenters. The third-order valence-electron chi connectivity index (χ3n) is 4.47. The van der Waals surface area contributed by atoms with Gasteiger partial charge in [-0.3, -0.25) is 4.79 Å². The fourth-order valence-electron chi connectivity index (χ4n) is 2.94. The van der Waals surface area contributed by atoms with Crippen molar-refractivity contribution in [1.82, 2.24) is 19.8 Å². The molecule has 5 nitrogen and oxygen atoms in total. The molecular weight excluding hydrogens is 320 g/mol. The van der Waals surface area contributed by atoms with Crippen LogP contribution >= 0.6 is 11.8 Å². The van der Waals surface area contributed by atoms with Crippen LogP contribution in [0.15, 0.2) is 29.3 Å². The number of rotatable bonds is 4. The van der Waals surface area contributed by atoms with Crippen LogP contribution in [0.5, 0.6) is 0 Å². The Balaban J connectivity index is 1.69. The number of para-hydroxylation sites is 2. The van der Waals surface area contributed by atoms with E-state index in [0.717, 1.165) is 54.5 Å². The molecule has 2 aromatic rings. The minimum absolute atomic E-state index is 0.146. The van der Waals surface area contributed by atoms with E-state index in [1.54, 1.807) is 0 Å². The summed E-state index contributed by atoms with van der Waals surface area (Å²) >= 11 is 1.51. The minimum Gasteiger partial charge on any atom is -0.339 e. The SMILES string of the molecule is CCN1CCN(C(=O)[C@@H](C)Sc2nc3ccccc3nc2C)CC1. The highest BCUT2D eigenvalue weighted by Gasteiger charge is 2.25. The molecular formula is C18H24N4OS. The second kappa shape index (κ2) is 7.49. The topological polar surface area (TPSA) is 49.3 Å². The van der Waals surface area contributed by atoms with Crippen molar-refractivity contribution in [2.45, 2.75) is 31.0 Å². The zero-order valence-corrected chi connectivity index (χ0v) is 15.3. The average molecular weight is 344 g/mol. The number of carbonyl (C=O) groups excluding carboxylic acids is 1. The summed E-state index contributed by atoms with van der Waals surface area (Å²) in [5.74, 6) is 0.199. The van der Waals surface area contributed by atoms with Crippen molar-refractivity contribution in [3.05, 3.63) is 30.0 Å². The molecule has 0 aliphatic carbocycles. The number of likely N-dealkylation sites (N-methyl/N-ethyl adjacent to an activating group) is 1. The van der Waals surface area contributed by atoms with Crippen LogP contribution in [-0.4, -0.2) is 63.6 Å². The fraction of sp³-hybridized carbons (Fsp3) is 0.500. The zero-order chi connectivity index (χ0) is 17.1. The predicted molar refractivity (Wildman–Crippen MR) is 98.3 cm³/mol. The number of thioether (sulfide) groups is 1. The molecule has 24 heavy (non-hydrogen) atoms. The Morgan fingerprint density at radius 3 is 2.42 bits per heavy atom. The summed E-state index contributed by atoms with van der Waals surface area (Å²) < 4.78 is 0. The van der Waals surface area contributed by atoms with Gasteiger partial charge in [-0.05, 0) is 32.5 Å². The van der Waals surface area contributed by atoms with E-state index in [1.807, 2.05) is 43.0 Å². The van der Waals surface area contributed by atoms with Crippen LogP contribution in [0.3, 0.4) is 0 Å². The van der Waals surface area contributed by atoms with Crippen LogP contribution in [-0.2, 0) is 4.79 Å². The fourth-order valence-corrected chi connectivity index (χ4v) is 3.90. The van der Waals surface area contributed by atoms with Crippen LogP contribution in [0.4, 0.5) is 0 Å². The van der Waals surface area contributed by atoms with Crippen molar-refractivity contribution in [1.29, 1.82) is 0 Å². The van der Waals surface area contributed by atoms with Crippen molar-refractivity contribution >= 4 is 28.7 Å². The first-order chi connectivity index (χ1) is 11.6. The number of carbonyl (C=O) groups is 1. The van der Waals surface area contributed by atoms with Gasteiger partial charge in [0, 0.05) is 26.2 Å². The lowest BCUT2D eigenvalue weighted by Crippen LogP contribution is -2.50. The van der Waals surface area contributed by atoms with E-state index in [0.29, 0.717) is 0 Å². The molecule has 1 saturated heterocycles. The molecule has 0 spiro atoms. The molecule has 1 fully saturated rings. The third kappa shape index (κ3) is 3.70. The van der Waals surface area contributed by atoms with Gasteiger partial charge < -0.3 is 9.80 Å². The minimum atomic E-state index is -0.146. The first-order valence-corrected chi connectivity index (χ1v) is 9.37. The normalized spacial score (nSPS) is 17.2. The molecule has 0 bridgehead atoms. The smallest absolute Gasteiger partial charge is 0.235 e. The van der Waals surface area contributed by atoms with Gasteiger partial charge in [-0.2, -0.15) is 0 Å². The Labute approximate surface area is 147 Å². The number of hydrogen-bond acceptors (Lipinski definition) is 5. The van der Waals surface area contributed by atoms with Crippen LogP contribution in [0.1, 0.15) is 19.5 Å². The standard InChI is InChI=1S/C18H24N4OS/c1-4-21-9-11-22(12-10-21)18(23)14(3)24-17-13(2)19-15-7-5-6-8-16(15)20-17/h5-8,14H,4,9-12H2,1-3H3/t14-/m1/s1. The van der Waals surface area contributed by atoms with Crippen molar-refractivity contribution in [2.24, 2.45) is 0 Å². The Morgan fingerprint density at radius 1 is 1.17 bits per heavy atom. The van der Waals surface area contributed by atoms with Crippen molar-refractivity contribution < 1.29 is 4.79 Å². The lowest BCUT2D eigenvalue weighted by Gasteiger charge is -2.35. The van der Waals surface area contributed by atoms with Gasteiger partial charge in [0.2, 0.25) is 5.91 Å². The molecule has 2 heterocycles. The van der Waals surface area contributed by atoms with Gasteiger partial charge in [0.1, 0.15) is 5.03 Å². The number of nitrogens with zero attached hydrogens (tertiary/aromatic N) is 4. The first-order valence-electron chi connectivity index (χ1n) is 8.49. The second-order valence-corrected chi connectivity index (χ2v) is 7.45. The molecule has 128 valence electrons. The maximum absolute atomic E-state index is 12.7. The Kier molecular flexibility index (Phi) is 5.36. The Morgan fingerprint density at radius 2 is 1.79 bits per heavy atom. The monoisotopic (exact) mass is 344 g/mol. The lowest BCUT2D eigenvalue weighted by molar-refractivity contribution is -0.132. The van der Waals surface area contributed by atoms with Crippen LogP contribution in [0, 0.1) is 6.92 Å². The van der Waals surface area contributed by atoms with E-state index >= 15 is 0 Å². The maximum Gasteiger partial charge on any atom is 0.235 e. The predicted octanol–water partition coefficient (Wildman–Crippen LogP) is 2.58. The second-order valence-electron chi connectivity index (χ2n) is 6.12. The molecule has 1 aliphatic rings. The molecule has 0 N–H and O–H groups in total. The highest BCUT2D eigenvalue weighted by Crippen LogP contribution is 2.27. The van der Waals surface area contributed by atoms with Gasteiger partial charge in [-0.25, -0.2) is 9.97 Å². The Bertz CT molecular complexity index is 728. The van der Waals surface area contributed by atoms with E-state index < -0.39 is 0 Å². The molecule has 1 aromatic carbocycles. The number of aryl methyl sites for hydroxylation is 1. The molecule has 1 aliphatic heterocycles. The summed E-state index contributed by atoms with van der Waals surface area (Å²) in [6.45, 7) is 10.7. The van der Waals surface area contributed by atoms with Gasteiger partial charge in [-0.1, -0.05) is 30.8 Å². The number of benzene rings is 1. The summed E-state index contributed by atoms with van der Waals surface area (Å²) in [7, 11) is 0. The van der Waals surface area contributed by atoms with Crippen LogP contribution < -0.4 is 0 Å². The number of piperazine rings is 1. The van der Waals surface area contributed by atoms with Crippen molar-refractivity contribution in [3.8, 4) is 0 Å². The van der Waals surface area contributed by atoms with E-state index in [4.69, 9.17) is 0 Å². The molecule has 6 heteroatoms. The number of amides is 1. The Hall–Kier alpha value is -1.66. The maximum atomic E-state index is 12.7. The quantitative estimate of drug-likeness (QED) is 0.798. The molecule has 0 radical (unpaired) electrons. The molecule has 0 saturated carbocycles. The van der Waals surface area contributed by atoms with E-state index in [2.05, 4.69) is 21.8 Å². The van der Waals surface area contributed by atoms with Gasteiger partial charge in [0.05, 0.1) is 22.0 Å². The van der Waals surface area contributed by atoms with E-state index in [-0.39, 0.29) is 11.2 Å². The van der Waals surface area contributed by atoms with Gasteiger partial charge >= 0.3 is 0 Å². The summed E-state index contributed by atoms with van der Waals surface area (Å²) in [5, 5.41) is 0.703. The van der Waals surface area contributed by atoms with Gasteiger partial charge in [0.15, 0.2) is 0 Å². The molecule has 1 amide bonds. The number of aromatic nitrogens is 2. The number of hydrogen-bond donors (Lipinski definition) is 0. The van der Waals surface area contributed by atoms with Crippen molar-refractivity contribution in [2.75, 3.05) is 32.7 Å². The lowest BCUT2D eigenvalue weighted by atomic mass is 10.3. The number of fused-ring (bicyclic) bond motifs is 1. The summed E-state index contributed by atoms with van der Waals surface area (Å²) in [5.41, 5.74) is 2.66. The average Bonchev–Trinajstić information content (AvgIpc) is 2.61. The van der Waals surface area contributed by atoms with E-state index in [9.17, 15) is 4.79 Å². The molecule has 1 atom stereocenters. The summed E-state index contributed by atoms with van der Waals surface area (Å²) in [4.78, 5) is 26.4.